The van der Waals surface area contributed by atoms with Crippen molar-refractivity contribution >= 4 is 27.5 Å². The van der Waals surface area contributed by atoms with Crippen LogP contribution in [0.15, 0.2) is 53.4 Å². The topological polar surface area (TPSA) is 105 Å². The molecule has 0 radical (unpaired) electrons. The summed E-state index contributed by atoms with van der Waals surface area (Å²) in [5, 5.41) is 5.25. The Hall–Kier alpha value is -2.91. The first kappa shape index (κ1) is 18.9. The van der Waals surface area contributed by atoms with Crippen LogP contribution in [0.5, 0.6) is 5.75 Å². The number of anilines is 1. The van der Waals surface area contributed by atoms with Crippen molar-refractivity contribution in [3.05, 3.63) is 54.1 Å². The normalized spacial score (nSPS) is 13.5. The van der Waals surface area contributed by atoms with E-state index < -0.39 is 15.9 Å². The van der Waals surface area contributed by atoms with Gasteiger partial charge in [0.15, 0.2) is 6.61 Å². The largest absolute Gasteiger partial charge is 0.482 e. The zero-order valence-electron chi connectivity index (χ0n) is 14.6. The lowest BCUT2D eigenvalue weighted by molar-refractivity contribution is -0.121. The van der Waals surface area contributed by atoms with E-state index in [4.69, 9.17) is 4.74 Å². The minimum Gasteiger partial charge on any atom is -0.482 e. The maximum absolute atomic E-state index is 12.7. The van der Waals surface area contributed by atoms with Gasteiger partial charge in [0, 0.05) is 13.6 Å². The Bertz CT molecular complexity index is 960. The molecule has 1 heterocycles. The molecule has 0 unspecified atom stereocenters. The van der Waals surface area contributed by atoms with Gasteiger partial charge in [-0.1, -0.05) is 30.3 Å². The van der Waals surface area contributed by atoms with Crippen LogP contribution in [0, 0.1) is 0 Å². The first-order valence-corrected chi connectivity index (χ1v) is 9.64. The van der Waals surface area contributed by atoms with E-state index in [1.807, 2.05) is 30.3 Å². The molecule has 3 rings (SSSR count). The molecule has 142 valence electrons. The van der Waals surface area contributed by atoms with Gasteiger partial charge in [0.05, 0.1) is 17.1 Å². The van der Waals surface area contributed by atoms with Crippen LogP contribution in [0.25, 0.3) is 0 Å². The fraction of sp³-hybridized carbons (Fsp3) is 0.222. The van der Waals surface area contributed by atoms with Crippen LogP contribution in [0.1, 0.15) is 5.56 Å². The van der Waals surface area contributed by atoms with Crippen molar-refractivity contribution in [1.82, 2.24) is 9.62 Å². The van der Waals surface area contributed by atoms with Crippen LogP contribution in [0.4, 0.5) is 5.69 Å². The predicted octanol–water partition coefficient (Wildman–Crippen LogP) is 0.954. The number of hydrogen-bond acceptors (Lipinski definition) is 5. The molecule has 0 saturated carbocycles. The molecular formula is C18H19N3O5S. The number of ether oxygens (including phenoxy) is 1. The van der Waals surface area contributed by atoms with E-state index >= 15 is 0 Å². The Labute approximate surface area is 157 Å². The minimum atomic E-state index is -3.90. The van der Waals surface area contributed by atoms with Gasteiger partial charge >= 0.3 is 0 Å². The number of rotatable bonds is 6. The molecule has 1 aliphatic heterocycles. The van der Waals surface area contributed by atoms with E-state index in [9.17, 15) is 18.0 Å². The highest BCUT2D eigenvalue weighted by Gasteiger charge is 2.25. The van der Waals surface area contributed by atoms with Gasteiger partial charge in [-0.25, -0.2) is 8.42 Å². The van der Waals surface area contributed by atoms with E-state index in [0.717, 1.165) is 9.87 Å². The Morgan fingerprint density at radius 1 is 1.22 bits per heavy atom. The van der Waals surface area contributed by atoms with Crippen molar-refractivity contribution in [2.75, 3.05) is 25.5 Å². The molecule has 27 heavy (non-hydrogen) atoms. The minimum absolute atomic E-state index is 0.0367. The number of amides is 2. The van der Waals surface area contributed by atoms with E-state index in [0.29, 0.717) is 12.3 Å². The molecule has 2 aromatic carbocycles. The van der Waals surface area contributed by atoms with Crippen LogP contribution < -0.4 is 15.4 Å². The number of hydrogen-bond donors (Lipinski definition) is 2. The Morgan fingerprint density at radius 3 is 2.70 bits per heavy atom. The number of benzene rings is 2. The molecule has 2 amide bonds. The molecule has 9 heteroatoms. The van der Waals surface area contributed by atoms with Gasteiger partial charge in [0.1, 0.15) is 5.75 Å². The zero-order valence-corrected chi connectivity index (χ0v) is 15.5. The van der Waals surface area contributed by atoms with Gasteiger partial charge in [0.25, 0.3) is 5.91 Å². The number of sulfonamides is 1. The van der Waals surface area contributed by atoms with Crippen LogP contribution in [0.3, 0.4) is 0 Å². The molecule has 1 aliphatic rings. The summed E-state index contributed by atoms with van der Waals surface area (Å²) in [5.74, 6) is -0.373. The molecule has 0 saturated heterocycles. The van der Waals surface area contributed by atoms with Crippen molar-refractivity contribution < 1.29 is 22.7 Å². The average molecular weight is 389 g/mol. The van der Waals surface area contributed by atoms with Gasteiger partial charge < -0.3 is 15.4 Å². The first-order chi connectivity index (χ1) is 12.9. The molecular weight excluding hydrogens is 370 g/mol. The molecule has 2 aromatic rings. The summed E-state index contributed by atoms with van der Waals surface area (Å²) in [6.07, 6.45) is 0. The summed E-state index contributed by atoms with van der Waals surface area (Å²) in [7, 11) is -2.58. The van der Waals surface area contributed by atoms with Gasteiger partial charge in [-0.05, 0) is 23.8 Å². The molecule has 0 fully saturated rings. The standard InChI is InChI=1S/C18H19N3O5S/c1-21(11-17(22)19-10-13-5-3-2-4-6-13)27(24,25)14-7-8-16-15(9-14)20-18(23)12-26-16/h2-9H,10-12H2,1H3,(H,19,22)(H,20,23). The van der Waals surface area contributed by atoms with Crippen molar-refractivity contribution in [2.24, 2.45) is 0 Å². The number of nitrogens with zero attached hydrogens (tertiary/aromatic N) is 1. The molecule has 0 bridgehead atoms. The lowest BCUT2D eigenvalue weighted by atomic mass is 10.2. The molecule has 2 N–H and O–H groups in total. The van der Waals surface area contributed by atoms with E-state index in [2.05, 4.69) is 10.6 Å². The fourth-order valence-corrected chi connectivity index (χ4v) is 3.70. The highest BCUT2D eigenvalue weighted by molar-refractivity contribution is 7.89. The van der Waals surface area contributed by atoms with Crippen LogP contribution >= 0.6 is 0 Å². The highest BCUT2D eigenvalue weighted by Crippen LogP contribution is 2.30. The maximum atomic E-state index is 12.7. The fourth-order valence-electron chi connectivity index (χ4n) is 2.54. The first-order valence-electron chi connectivity index (χ1n) is 8.20. The third-order valence-corrected chi connectivity index (χ3v) is 5.79. The quantitative estimate of drug-likeness (QED) is 0.766. The molecule has 0 atom stereocenters. The third kappa shape index (κ3) is 4.44. The van der Waals surface area contributed by atoms with Crippen LogP contribution in [-0.4, -0.2) is 44.7 Å². The number of carbonyl (C=O) groups excluding carboxylic acids is 2. The van der Waals surface area contributed by atoms with Crippen molar-refractivity contribution in [1.29, 1.82) is 0 Å². The highest BCUT2D eigenvalue weighted by atomic mass is 32.2. The Morgan fingerprint density at radius 2 is 1.96 bits per heavy atom. The number of fused-ring (bicyclic) bond motifs is 1. The summed E-state index contributed by atoms with van der Waals surface area (Å²) in [5.41, 5.74) is 1.20. The van der Waals surface area contributed by atoms with Gasteiger partial charge in [-0.2, -0.15) is 4.31 Å². The molecule has 0 spiro atoms. The zero-order chi connectivity index (χ0) is 19.4. The van der Waals surface area contributed by atoms with Crippen molar-refractivity contribution in [2.45, 2.75) is 11.4 Å². The van der Waals surface area contributed by atoms with Gasteiger partial charge in [-0.3, -0.25) is 9.59 Å². The molecule has 8 nitrogen and oxygen atoms in total. The lowest BCUT2D eigenvalue weighted by Crippen LogP contribution is -2.38. The number of carbonyl (C=O) groups is 2. The molecule has 0 aromatic heterocycles. The second-order valence-electron chi connectivity index (χ2n) is 6.02. The SMILES string of the molecule is CN(CC(=O)NCc1ccccc1)S(=O)(=O)c1ccc2c(c1)NC(=O)CO2. The summed E-state index contributed by atoms with van der Waals surface area (Å²) in [4.78, 5) is 23.5. The average Bonchev–Trinajstić information content (AvgIpc) is 2.66. The Kier molecular flexibility index (Phi) is 5.43. The second-order valence-corrected chi connectivity index (χ2v) is 8.06. The third-order valence-electron chi connectivity index (χ3n) is 3.99. The second kappa shape index (κ2) is 7.77. The smallest absolute Gasteiger partial charge is 0.262 e. The van der Waals surface area contributed by atoms with Crippen molar-refractivity contribution in [3.8, 4) is 5.75 Å². The predicted molar refractivity (Wildman–Crippen MR) is 98.7 cm³/mol. The summed E-state index contributed by atoms with van der Waals surface area (Å²) < 4.78 is 31.6. The number of nitrogens with one attached hydrogen (secondary N) is 2. The summed E-state index contributed by atoms with van der Waals surface area (Å²) >= 11 is 0. The van der Waals surface area contributed by atoms with Crippen molar-refractivity contribution in [3.63, 3.8) is 0 Å². The van der Waals surface area contributed by atoms with Gasteiger partial charge in [-0.15, -0.1) is 0 Å². The monoisotopic (exact) mass is 389 g/mol. The maximum Gasteiger partial charge on any atom is 0.262 e. The molecule has 0 aliphatic carbocycles. The van der Waals surface area contributed by atoms with Crippen LogP contribution in [-0.2, 0) is 26.2 Å². The van der Waals surface area contributed by atoms with E-state index in [1.165, 1.54) is 25.2 Å². The summed E-state index contributed by atoms with van der Waals surface area (Å²) in [6.45, 7) is -0.120. The van der Waals surface area contributed by atoms with Gasteiger partial charge in [0.2, 0.25) is 15.9 Å². The van der Waals surface area contributed by atoms with E-state index in [-0.39, 0.29) is 29.6 Å². The number of likely N-dealkylation sites (N-methyl/N-ethyl adjacent to an activating group) is 1. The van der Waals surface area contributed by atoms with E-state index in [1.54, 1.807) is 0 Å². The summed E-state index contributed by atoms with van der Waals surface area (Å²) in [6, 6.07) is 13.5. The van der Waals surface area contributed by atoms with Crippen LogP contribution in [0.2, 0.25) is 0 Å². The Balaban J connectivity index is 1.66. The lowest BCUT2D eigenvalue weighted by Gasteiger charge is -2.21.